The number of thiophene rings is 1. The topological polar surface area (TPSA) is 49.8 Å². The number of nitrogens with one attached hydrogen (secondary N) is 2. The molecule has 5 heteroatoms. The minimum Gasteiger partial charge on any atom is -0.366 e. The molecule has 16 heavy (non-hydrogen) atoms. The molecule has 0 spiro atoms. The predicted molar refractivity (Wildman–Crippen MR) is 64.7 cm³/mol. The second-order valence-corrected chi connectivity index (χ2v) is 5.41. The Morgan fingerprint density at radius 1 is 1.31 bits per heavy atom. The predicted octanol–water partition coefficient (Wildman–Crippen LogP) is 1.32. The van der Waals surface area contributed by atoms with Crippen LogP contribution >= 0.6 is 11.3 Å². The van der Waals surface area contributed by atoms with Gasteiger partial charge in [-0.2, -0.15) is 0 Å². The number of piperidine rings is 1. The van der Waals surface area contributed by atoms with Crippen LogP contribution in [0.25, 0.3) is 10.2 Å². The Balaban J connectivity index is 1.65. The maximum absolute atomic E-state index is 4.35. The number of fused-ring (bicyclic) bond motifs is 2. The average Bonchev–Trinajstić information content (AvgIpc) is 2.80. The lowest BCUT2D eigenvalue weighted by Crippen LogP contribution is -2.21. The summed E-state index contributed by atoms with van der Waals surface area (Å²) in [7, 11) is 0. The molecule has 2 unspecified atom stereocenters. The van der Waals surface area contributed by atoms with Crippen LogP contribution in [-0.2, 0) is 0 Å². The molecule has 2 aliphatic rings. The van der Waals surface area contributed by atoms with Crippen LogP contribution in [-0.4, -0.2) is 29.1 Å². The monoisotopic (exact) mass is 232 g/mol. The van der Waals surface area contributed by atoms with Gasteiger partial charge >= 0.3 is 0 Å². The van der Waals surface area contributed by atoms with E-state index in [9.17, 15) is 0 Å². The van der Waals surface area contributed by atoms with Crippen molar-refractivity contribution in [3.8, 4) is 0 Å². The molecule has 82 valence electrons. The Hall–Kier alpha value is -1.20. The zero-order valence-corrected chi connectivity index (χ0v) is 9.50. The molecule has 0 radical (unpaired) electrons. The Bertz CT molecular complexity index is 528. The summed E-state index contributed by atoms with van der Waals surface area (Å²) >= 11 is 1.67. The zero-order valence-electron chi connectivity index (χ0n) is 8.68. The first-order chi connectivity index (χ1) is 7.93. The van der Waals surface area contributed by atoms with E-state index in [-0.39, 0.29) is 0 Å². The molecule has 2 atom stereocenters. The molecule has 1 saturated carbocycles. The van der Waals surface area contributed by atoms with Crippen LogP contribution in [0.2, 0.25) is 0 Å². The van der Waals surface area contributed by atoms with Crippen molar-refractivity contribution in [2.75, 3.05) is 18.4 Å². The van der Waals surface area contributed by atoms with E-state index < -0.39 is 0 Å². The van der Waals surface area contributed by atoms with E-state index in [1.165, 1.54) is 0 Å². The van der Waals surface area contributed by atoms with Gasteiger partial charge in [0.15, 0.2) is 0 Å². The van der Waals surface area contributed by atoms with Gasteiger partial charge < -0.3 is 10.6 Å². The van der Waals surface area contributed by atoms with Gasteiger partial charge in [-0.05, 0) is 23.3 Å². The fraction of sp³-hybridized carbons (Fsp3) is 0.455. The van der Waals surface area contributed by atoms with Crippen molar-refractivity contribution in [1.29, 1.82) is 0 Å². The third kappa shape index (κ3) is 1.18. The standard InChI is InChI=1S/C11H12N4S/c1-2-16-11-6(1)10(13-5-14-11)15-9-7-3-12-4-8(7)9/h1-2,5,7-9,12H,3-4H2,(H,13,14,15). The summed E-state index contributed by atoms with van der Waals surface area (Å²) in [5.41, 5.74) is 0. The second kappa shape index (κ2) is 3.15. The number of hydrogen-bond donors (Lipinski definition) is 2. The molecular formula is C11H12N4S. The number of anilines is 1. The van der Waals surface area contributed by atoms with Crippen molar-refractivity contribution < 1.29 is 0 Å². The van der Waals surface area contributed by atoms with E-state index in [0.717, 1.165) is 41.0 Å². The first-order valence-corrected chi connectivity index (χ1v) is 6.47. The highest BCUT2D eigenvalue weighted by atomic mass is 32.1. The van der Waals surface area contributed by atoms with E-state index >= 15 is 0 Å². The highest BCUT2D eigenvalue weighted by Crippen LogP contribution is 2.44. The van der Waals surface area contributed by atoms with Crippen LogP contribution in [0.1, 0.15) is 0 Å². The van der Waals surface area contributed by atoms with Gasteiger partial charge in [0.2, 0.25) is 0 Å². The highest BCUT2D eigenvalue weighted by molar-refractivity contribution is 7.16. The third-order valence-corrected chi connectivity index (χ3v) is 4.48. The minimum absolute atomic E-state index is 0.624. The van der Waals surface area contributed by atoms with Crippen molar-refractivity contribution in [1.82, 2.24) is 15.3 Å². The lowest BCUT2D eigenvalue weighted by atomic mass is 10.3. The number of nitrogens with zero attached hydrogens (tertiary/aromatic N) is 2. The van der Waals surface area contributed by atoms with E-state index in [1.807, 2.05) is 0 Å². The normalized spacial score (nSPS) is 31.6. The van der Waals surface area contributed by atoms with Crippen LogP contribution < -0.4 is 10.6 Å². The minimum atomic E-state index is 0.624. The summed E-state index contributed by atoms with van der Waals surface area (Å²) in [4.78, 5) is 9.68. The molecule has 2 N–H and O–H groups in total. The molecule has 0 bridgehead atoms. The molecule has 4 nitrogen and oxygen atoms in total. The lowest BCUT2D eigenvalue weighted by Gasteiger charge is -2.08. The molecule has 0 aromatic carbocycles. The molecule has 1 aliphatic heterocycles. The Labute approximate surface area is 97.1 Å². The molecule has 1 saturated heterocycles. The van der Waals surface area contributed by atoms with Gasteiger partial charge in [-0.3, -0.25) is 0 Å². The summed E-state index contributed by atoms with van der Waals surface area (Å²) in [6.07, 6.45) is 1.65. The number of aromatic nitrogens is 2. The van der Waals surface area contributed by atoms with Crippen LogP contribution in [0.5, 0.6) is 0 Å². The SMILES string of the molecule is c1nc(NC2C3CNCC32)c2ccsc2n1. The van der Waals surface area contributed by atoms with E-state index in [1.54, 1.807) is 17.7 Å². The van der Waals surface area contributed by atoms with Crippen LogP contribution in [0.15, 0.2) is 17.8 Å². The van der Waals surface area contributed by atoms with Gasteiger partial charge in [-0.25, -0.2) is 9.97 Å². The Morgan fingerprint density at radius 3 is 3.06 bits per heavy atom. The average molecular weight is 232 g/mol. The first kappa shape index (κ1) is 8.90. The second-order valence-electron chi connectivity index (χ2n) is 4.52. The molecular weight excluding hydrogens is 220 g/mol. The van der Waals surface area contributed by atoms with Gasteiger partial charge in [0.25, 0.3) is 0 Å². The quantitative estimate of drug-likeness (QED) is 0.820. The lowest BCUT2D eigenvalue weighted by molar-refractivity contribution is 0.696. The fourth-order valence-electron chi connectivity index (χ4n) is 2.70. The fourth-order valence-corrected chi connectivity index (χ4v) is 3.43. The largest absolute Gasteiger partial charge is 0.366 e. The number of rotatable bonds is 2. The zero-order chi connectivity index (χ0) is 10.5. The smallest absolute Gasteiger partial charge is 0.138 e. The van der Waals surface area contributed by atoms with Gasteiger partial charge in [-0.15, -0.1) is 11.3 Å². The Kier molecular flexibility index (Phi) is 1.75. The molecule has 2 aromatic rings. The van der Waals surface area contributed by atoms with E-state index in [0.29, 0.717) is 6.04 Å². The summed E-state index contributed by atoms with van der Waals surface area (Å²) in [5.74, 6) is 2.62. The highest BCUT2D eigenvalue weighted by Gasteiger charge is 2.53. The molecule has 4 rings (SSSR count). The van der Waals surface area contributed by atoms with Gasteiger partial charge in [-0.1, -0.05) is 0 Å². The first-order valence-electron chi connectivity index (χ1n) is 5.59. The summed E-state index contributed by atoms with van der Waals surface area (Å²) in [6.45, 7) is 2.31. The van der Waals surface area contributed by atoms with Crippen LogP contribution in [0.3, 0.4) is 0 Å². The molecule has 2 fully saturated rings. The summed E-state index contributed by atoms with van der Waals surface area (Å²) < 4.78 is 0. The molecule has 2 aromatic heterocycles. The maximum Gasteiger partial charge on any atom is 0.138 e. The van der Waals surface area contributed by atoms with Crippen molar-refractivity contribution >= 4 is 27.4 Å². The third-order valence-electron chi connectivity index (χ3n) is 3.66. The van der Waals surface area contributed by atoms with Crippen molar-refractivity contribution in [2.45, 2.75) is 6.04 Å². The molecule has 3 heterocycles. The Morgan fingerprint density at radius 2 is 2.19 bits per heavy atom. The van der Waals surface area contributed by atoms with Crippen molar-refractivity contribution in [2.24, 2.45) is 11.8 Å². The van der Waals surface area contributed by atoms with Crippen molar-refractivity contribution in [3.63, 3.8) is 0 Å². The summed E-state index contributed by atoms with van der Waals surface area (Å²) in [5, 5.41) is 10.2. The number of hydrogen-bond acceptors (Lipinski definition) is 5. The molecule has 1 aliphatic carbocycles. The van der Waals surface area contributed by atoms with Gasteiger partial charge in [0.05, 0.1) is 5.39 Å². The van der Waals surface area contributed by atoms with E-state index in [2.05, 4.69) is 32.0 Å². The maximum atomic E-state index is 4.35. The van der Waals surface area contributed by atoms with Crippen LogP contribution in [0, 0.1) is 11.8 Å². The molecule has 0 amide bonds. The van der Waals surface area contributed by atoms with Gasteiger partial charge in [0, 0.05) is 19.1 Å². The van der Waals surface area contributed by atoms with Crippen molar-refractivity contribution in [3.05, 3.63) is 17.8 Å². The van der Waals surface area contributed by atoms with E-state index in [4.69, 9.17) is 0 Å². The summed E-state index contributed by atoms with van der Waals surface area (Å²) in [6, 6.07) is 2.72. The van der Waals surface area contributed by atoms with Crippen LogP contribution in [0.4, 0.5) is 5.82 Å². The van der Waals surface area contributed by atoms with Gasteiger partial charge in [0.1, 0.15) is 17.0 Å².